The molecule has 0 saturated carbocycles. The number of amides is 1. The molecule has 0 fully saturated rings. The van der Waals surface area contributed by atoms with Crippen LogP contribution in [0.3, 0.4) is 0 Å². The maximum Gasteiger partial charge on any atom is 0.408 e. The molecule has 0 saturated heterocycles. The first-order chi connectivity index (χ1) is 15.6. The first-order valence-electron chi connectivity index (χ1n) is 11.1. The molecule has 1 heterocycles. The van der Waals surface area contributed by atoms with Gasteiger partial charge in [-0.25, -0.2) is 9.78 Å². The van der Waals surface area contributed by atoms with Crippen molar-refractivity contribution in [2.75, 3.05) is 6.54 Å². The van der Waals surface area contributed by atoms with Gasteiger partial charge in [0.25, 0.3) is 0 Å². The second kappa shape index (κ2) is 12.4. The van der Waals surface area contributed by atoms with Gasteiger partial charge < -0.3 is 14.8 Å². The van der Waals surface area contributed by atoms with E-state index in [9.17, 15) is 9.59 Å². The minimum atomic E-state index is -0.594. The third-order valence-electron chi connectivity index (χ3n) is 4.50. The summed E-state index contributed by atoms with van der Waals surface area (Å²) in [6.07, 6.45) is 7.30. The lowest BCUT2D eigenvalue weighted by molar-refractivity contribution is -0.118. The number of nitrogens with zero attached hydrogens (tertiary/aromatic N) is 1. The maximum atomic E-state index is 12.1. The summed E-state index contributed by atoms with van der Waals surface area (Å²) in [5, 5.41) is 3.05. The average Bonchev–Trinajstić information content (AvgIpc) is 2.73. The highest BCUT2D eigenvalue weighted by Gasteiger charge is 2.17. The van der Waals surface area contributed by atoms with Crippen LogP contribution < -0.4 is 10.1 Å². The summed E-state index contributed by atoms with van der Waals surface area (Å²) < 4.78 is 10.9. The standard InChI is InChI=1S/C26H33ClN2O4/c1-6-7-19-10-12-23(22(27)15-19)32-24-13-11-20(16-28-24)9-8-18(2)14-21(30)17-29-25(31)33-26(3,4)5/h8-13,15-16,18H,6-7,14,17H2,1-5H3,(H,29,31)/b9-8+/t18-/m0/s1. The van der Waals surface area contributed by atoms with Gasteiger partial charge in [-0.15, -0.1) is 0 Å². The van der Waals surface area contributed by atoms with Crippen molar-refractivity contribution in [2.45, 2.75) is 59.5 Å². The first kappa shape index (κ1) is 26.4. The van der Waals surface area contributed by atoms with E-state index in [-0.39, 0.29) is 18.2 Å². The van der Waals surface area contributed by atoms with Crippen LogP contribution in [0.1, 0.15) is 58.6 Å². The van der Waals surface area contributed by atoms with E-state index >= 15 is 0 Å². The van der Waals surface area contributed by atoms with E-state index in [0.29, 0.717) is 23.1 Å². The van der Waals surface area contributed by atoms with Gasteiger partial charge >= 0.3 is 6.09 Å². The van der Waals surface area contributed by atoms with Crippen LogP contribution in [0.4, 0.5) is 4.79 Å². The zero-order chi connectivity index (χ0) is 24.4. The number of hydrogen-bond acceptors (Lipinski definition) is 5. The smallest absolute Gasteiger partial charge is 0.408 e. The van der Waals surface area contributed by atoms with Gasteiger partial charge in [-0.1, -0.05) is 50.1 Å². The largest absolute Gasteiger partial charge is 0.444 e. The highest BCUT2D eigenvalue weighted by Crippen LogP contribution is 2.29. The third kappa shape index (κ3) is 10.1. The number of rotatable bonds is 10. The third-order valence-corrected chi connectivity index (χ3v) is 4.80. The lowest BCUT2D eigenvalue weighted by Gasteiger charge is -2.19. The lowest BCUT2D eigenvalue weighted by atomic mass is 10.0. The Morgan fingerprint density at radius 3 is 2.58 bits per heavy atom. The van der Waals surface area contributed by atoms with Crippen LogP contribution in [0, 0.1) is 5.92 Å². The average molecular weight is 473 g/mol. The molecule has 0 aliphatic rings. The van der Waals surface area contributed by atoms with Crippen molar-refractivity contribution in [1.82, 2.24) is 10.3 Å². The number of hydrogen-bond donors (Lipinski definition) is 1. The maximum absolute atomic E-state index is 12.1. The van der Waals surface area contributed by atoms with Crippen molar-refractivity contribution in [3.05, 3.63) is 58.8 Å². The Morgan fingerprint density at radius 1 is 1.21 bits per heavy atom. The number of aromatic nitrogens is 1. The fourth-order valence-corrected chi connectivity index (χ4v) is 3.24. The van der Waals surface area contributed by atoms with Crippen LogP contribution in [0.5, 0.6) is 11.6 Å². The van der Waals surface area contributed by atoms with Crippen LogP contribution in [0.25, 0.3) is 6.08 Å². The molecule has 0 bridgehead atoms. The summed E-state index contributed by atoms with van der Waals surface area (Å²) in [4.78, 5) is 28.1. The number of carbonyl (C=O) groups is 2. The van der Waals surface area contributed by atoms with Gasteiger partial charge in [0.2, 0.25) is 5.88 Å². The predicted octanol–water partition coefficient (Wildman–Crippen LogP) is 6.61. The number of ketones is 1. The van der Waals surface area contributed by atoms with Gasteiger partial charge in [-0.2, -0.15) is 0 Å². The van der Waals surface area contributed by atoms with Crippen molar-refractivity contribution in [1.29, 1.82) is 0 Å². The highest BCUT2D eigenvalue weighted by atomic mass is 35.5. The Kier molecular flexibility index (Phi) is 9.92. The van der Waals surface area contributed by atoms with E-state index in [1.165, 1.54) is 5.56 Å². The Hall–Kier alpha value is -2.86. The molecule has 2 aromatic rings. The Labute approximate surface area is 201 Å². The van der Waals surface area contributed by atoms with Crippen LogP contribution in [0.15, 0.2) is 42.6 Å². The van der Waals surface area contributed by atoms with Crippen molar-refractivity contribution >= 4 is 29.6 Å². The molecule has 1 atom stereocenters. The minimum absolute atomic E-state index is 0.00862. The van der Waals surface area contributed by atoms with Crippen LogP contribution in [0.2, 0.25) is 5.02 Å². The van der Waals surface area contributed by atoms with Crippen molar-refractivity contribution in [3.63, 3.8) is 0 Å². The van der Waals surface area contributed by atoms with Crippen molar-refractivity contribution in [2.24, 2.45) is 5.92 Å². The lowest BCUT2D eigenvalue weighted by Crippen LogP contribution is -2.35. The van der Waals surface area contributed by atoms with Gasteiger partial charge in [0.15, 0.2) is 5.78 Å². The van der Waals surface area contributed by atoms with Crippen molar-refractivity contribution in [3.8, 4) is 11.6 Å². The second-order valence-corrected chi connectivity index (χ2v) is 9.39. The molecule has 1 aromatic heterocycles. The number of carbonyl (C=O) groups excluding carboxylic acids is 2. The first-order valence-corrected chi connectivity index (χ1v) is 11.5. The number of pyridine rings is 1. The van der Waals surface area contributed by atoms with E-state index in [1.807, 2.05) is 43.3 Å². The van der Waals surface area contributed by atoms with Crippen LogP contribution in [-0.4, -0.2) is 29.0 Å². The van der Waals surface area contributed by atoms with E-state index in [0.717, 1.165) is 18.4 Å². The Bertz CT molecular complexity index is 965. The van der Waals surface area contributed by atoms with Crippen molar-refractivity contribution < 1.29 is 19.1 Å². The molecule has 178 valence electrons. The molecule has 0 spiro atoms. The van der Waals surface area contributed by atoms with Crippen LogP contribution in [-0.2, 0) is 16.0 Å². The summed E-state index contributed by atoms with van der Waals surface area (Å²) in [5.74, 6) is 0.962. The number of halogens is 1. The van der Waals surface area contributed by atoms with E-state index < -0.39 is 11.7 Å². The number of Topliss-reactive ketones (excluding diaryl/α,β-unsaturated/α-hetero) is 1. The highest BCUT2D eigenvalue weighted by molar-refractivity contribution is 6.32. The van der Waals surface area contributed by atoms with Gasteiger partial charge in [0, 0.05) is 18.7 Å². The molecule has 6 nitrogen and oxygen atoms in total. The number of nitrogens with one attached hydrogen (secondary N) is 1. The summed E-state index contributed by atoms with van der Waals surface area (Å²) in [6, 6.07) is 9.45. The zero-order valence-electron chi connectivity index (χ0n) is 20.0. The quantitative estimate of drug-likeness (QED) is 0.420. The SMILES string of the molecule is CCCc1ccc(Oc2ccc(/C=C/[C@H](C)CC(=O)CNC(=O)OC(C)(C)C)cn2)c(Cl)c1. The second-order valence-electron chi connectivity index (χ2n) is 8.98. The van der Waals surface area contributed by atoms with Gasteiger partial charge in [0.1, 0.15) is 11.4 Å². The zero-order valence-corrected chi connectivity index (χ0v) is 20.7. The Morgan fingerprint density at radius 2 is 1.97 bits per heavy atom. The predicted molar refractivity (Wildman–Crippen MR) is 132 cm³/mol. The summed E-state index contributed by atoms with van der Waals surface area (Å²) >= 11 is 6.32. The minimum Gasteiger partial charge on any atom is -0.444 e. The van der Waals surface area contributed by atoms with Gasteiger partial charge in [-0.3, -0.25) is 4.79 Å². The molecular formula is C26H33ClN2O4. The van der Waals surface area contributed by atoms with E-state index in [1.54, 1.807) is 33.0 Å². The molecule has 2 rings (SSSR count). The summed E-state index contributed by atoms with van der Waals surface area (Å²) in [5.41, 5.74) is 1.47. The number of ether oxygens (including phenoxy) is 2. The summed E-state index contributed by atoms with van der Waals surface area (Å²) in [6.45, 7) is 9.33. The molecule has 1 N–H and O–H groups in total. The number of allylic oxidation sites excluding steroid dienone is 1. The Balaban J connectivity index is 1.83. The van der Waals surface area contributed by atoms with Gasteiger partial charge in [-0.05, 0) is 62.4 Å². The molecule has 0 unspecified atom stereocenters. The number of benzene rings is 1. The molecule has 0 radical (unpaired) electrons. The van der Waals surface area contributed by atoms with Gasteiger partial charge in [0.05, 0.1) is 11.6 Å². The number of alkyl carbamates (subject to hydrolysis) is 1. The van der Waals surface area contributed by atoms with Crippen LogP contribution >= 0.6 is 11.6 Å². The van der Waals surface area contributed by atoms with E-state index in [4.69, 9.17) is 21.1 Å². The number of aryl methyl sites for hydroxylation is 1. The summed E-state index contributed by atoms with van der Waals surface area (Å²) in [7, 11) is 0. The topological polar surface area (TPSA) is 77.5 Å². The molecule has 0 aliphatic heterocycles. The molecule has 1 amide bonds. The molecule has 0 aliphatic carbocycles. The van der Waals surface area contributed by atoms with E-state index in [2.05, 4.69) is 17.2 Å². The monoisotopic (exact) mass is 472 g/mol. The molecule has 1 aromatic carbocycles. The fourth-order valence-electron chi connectivity index (χ4n) is 2.99. The fraction of sp³-hybridized carbons (Fsp3) is 0.423. The molecule has 33 heavy (non-hydrogen) atoms. The molecular weight excluding hydrogens is 440 g/mol. The molecule has 7 heteroatoms. The normalized spacial score (nSPS) is 12.4.